The standard InChI is InChI=1S/C45H28N4S/c1-4-14-29(15-5-1)33-26-37(30-16-6-2-7-17-30)42-38(27-33)36-25-24-32(28-41(36)50-42)44-46-43(31-18-8-3-9-19-31)47-45(48-44)49-39-22-12-10-20-34(39)35-21-11-13-23-40(35)49/h1-28H/i1D,2D,4D,5D,6D,7D,14D,15D,16D,17D. The Morgan fingerprint density at radius 2 is 1.08 bits per heavy atom. The summed E-state index contributed by atoms with van der Waals surface area (Å²) in [4.78, 5) is 15.1. The Kier molecular flexibility index (Phi) is 4.69. The Labute approximate surface area is 306 Å². The van der Waals surface area contributed by atoms with Crippen molar-refractivity contribution in [3.05, 3.63) is 170 Å². The highest BCUT2D eigenvalue weighted by molar-refractivity contribution is 7.26. The van der Waals surface area contributed by atoms with E-state index in [2.05, 4.69) is 12.1 Å². The predicted molar refractivity (Wildman–Crippen MR) is 209 cm³/mol. The third-order valence-electron chi connectivity index (χ3n) is 8.82. The van der Waals surface area contributed by atoms with Gasteiger partial charge in [0.2, 0.25) is 5.95 Å². The highest BCUT2D eigenvalue weighted by Gasteiger charge is 2.19. The van der Waals surface area contributed by atoms with E-state index in [1.54, 1.807) is 12.1 Å². The van der Waals surface area contributed by atoms with Gasteiger partial charge in [0, 0.05) is 47.6 Å². The van der Waals surface area contributed by atoms with Crippen LogP contribution >= 0.6 is 11.3 Å². The zero-order valence-corrected chi connectivity index (χ0v) is 26.9. The molecule has 0 N–H and O–H groups in total. The van der Waals surface area contributed by atoms with Crippen LogP contribution in [0.5, 0.6) is 0 Å². The van der Waals surface area contributed by atoms with Gasteiger partial charge in [-0.1, -0.05) is 139 Å². The molecule has 0 unspecified atom stereocenters. The Hall–Kier alpha value is -6.43. The van der Waals surface area contributed by atoms with Crippen LogP contribution in [0.1, 0.15) is 13.7 Å². The van der Waals surface area contributed by atoms with Crippen molar-refractivity contribution in [1.29, 1.82) is 0 Å². The fourth-order valence-electron chi connectivity index (χ4n) is 6.57. The maximum Gasteiger partial charge on any atom is 0.238 e. The molecule has 5 heteroatoms. The topological polar surface area (TPSA) is 43.6 Å². The zero-order valence-electron chi connectivity index (χ0n) is 36.1. The molecule has 0 amide bonds. The summed E-state index contributed by atoms with van der Waals surface area (Å²) in [5, 5.41) is 3.46. The van der Waals surface area contributed by atoms with Gasteiger partial charge in [0.05, 0.1) is 24.7 Å². The molecule has 7 aromatic carbocycles. The first-order chi connectivity index (χ1) is 28.9. The molecule has 0 radical (unpaired) electrons. The van der Waals surface area contributed by atoms with Crippen molar-refractivity contribution in [2.75, 3.05) is 0 Å². The molecule has 0 fully saturated rings. The molecule has 0 atom stereocenters. The molecule has 0 aliphatic heterocycles. The first-order valence-corrected chi connectivity index (χ1v) is 16.7. The number of fused-ring (bicyclic) bond motifs is 6. The molecule has 0 spiro atoms. The summed E-state index contributed by atoms with van der Waals surface area (Å²) < 4.78 is 88.9. The smallest absolute Gasteiger partial charge is 0.238 e. The summed E-state index contributed by atoms with van der Waals surface area (Å²) in [7, 11) is 0. The van der Waals surface area contributed by atoms with Crippen molar-refractivity contribution in [3.8, 4) is 51.0 Å². The third-order valence-corrected chi connectivity index (χ3v) is 10.0. The summed E-state index contributed by atoms with van der Waals surface area (Å²) in [5.74, 6) is 1.31. The largest absolute Gasteiger partial charge is 0.278 e. The van der Waals surface area contributed by atoms with Gasteiger partial charge >= 0.3 is 0 Å². The SMILES string of the molecule is [2H]c1c([2H])c([2H])c(-c2cc(-c3c([2H])c([2H])c([2H])c([2H])c3[2H])c3sc4cc(-c5nc(-c6ccccc6)nc(-n6c7ccccc7c7ccccc76)n5)ccc4c3c2)c([2H])c1[2H]. The van der Waals surface area contributed by atoms with Gasteiger partial charge in [0.15, 0.2) is 11.6 Å². The predicted octanol–water partition coefficient (Wildman–Crippen LogP) is 12.0. The molecule has 10 aromatic rings. The van der Waals surface area contributed by atoms with Gasteiger partial charge in [-0.25, -0.2) is 4.98 Å². The maximum atomic E-state index is 8.90. The van der Waals surface area contributed by atoms with E-state index in [9.17, 15) is 0 Å². The molecule has 0 bridgehead atoms. The molecule has 3 aromatic heterocycles. The Morgan fingerprint density at radius 1 is 0.460 bits per heavy atom. The van der Waals surface area contributed by atoms with E-state index in [0.717, 1.165) is 37.5 Å². The molecule has 0 aliphatic rings. The molecule has 0 saturated carbocycles. The number of aromatic nitrogens is 4. The normalized spacial score (nSPS) is 14.4. The summed E-state index contributed by atoms with van der Waals surface area (Å²) in [5.41, 5.74) is 3.73. The molecule has 0 aliphatic carbocycles. The highest BCUT2D eigenvalue weighted by Crippen LogP contribution is 2.44. The first kappa shape index (κ1) is 20.2. The number of thiophene rings is 1. The van der Waals surface area contributed by atoms with Crippen molar-refractivity contribution in [3.63, 3.8) is 0 Å². The summed E-state index contributed by atoms with van der Waals surface area (Å²) in [6.45, 7) is 0. The van der Waals surface area contributed by atoms with E-state index in [-0.39, 0.29) is 22.3 Å². The number of hydrogen-bond acceptors (Lipinski definition) is 4. The Bertz CT molecular complexity index is 3350. The van der Waals surface area contributed by atoms with Crippen LogP contribution in [0.15, 0.2) is 170 Å². The van der Waals surface area contributed by atoms with E-state index in [1.807, 2.05) is 89.5 Å². The molecular formula is C45H28N4S. The van der Waals surface area contributed by atoms with Crippen molar-refractivity contribution in [2.45, 2.75) is 0 Å². The summed E-state index contributed by atoms with van der Waals surface area (Å²) in [6, 6.07) is 30.0. The van der Waals surface area contributed by atoms with Crippen LogP contribution in [0.25, 0.3) is 93.0 Å². The van der Waals surface area contributed by atoms with Gasteiger partial charge in [0.25, 0.3) is 0 Å². The second-order valence-corrected chi connectivity index (χ2v) is 12.8. The minimum absolute atomic E-state index is 0.0622. The van der Waals surface area contributed by atoms with Crippen molar-refractivity contribution >= 4 is 53.3 Å². The minimum Gasteiger partial charge on any atom is -0.278 e. The molecule has 50 heavy (non-hydrogen) atoms. The highest BCUT2D eigenvalue weighted by atomic mass is 32.1. The van der Waals surface area contributed by atoms with Crippen molar-refractivity contribution in [1.82, 2.24) is 19.5 Å². The van der Waals surface area contributed by atoms with Crippen LogP contribution in [-0.4, -0.2) is 19.5 Å². The van der Waals surface area contributed by atoms with E-state index in [4.69, 9.17) is 28.7 Å². The van der Waals surface area contributed by atoms with Crippen molar-refractivity contribution < 1.29 is 13.7 Å². The number of para-hydroxylation sites is 2. The third kappa shape index (κ3) is 4.71. The molecule has 234 valence electrons. The van der Waals surface area contributed by atoms with Gasteiger partial charge in [-0.15, -0.1) is 11.3 Å². The van der Waals surface area contributed by atoms with E-state index >= 15 is 0 Å². The summed E-state index contributed by atoms with van der Waals surface area (Å²) in [6.07, 6.45) is 0. The van der Waals surface area contributed by atoms with Crippen molar-refractivity contribution in [2.24, 2.45) is 0 Å². The number of nitrogens with zero attached hydrogens (tertiary/aromatic N) is 4. The second-order valence-electron chi connectivity index (χ2n) is 11.7. The van der Waals surface area contributed by atoms with Gasteiger partial charge < -0.3 is 0 Å². The average molecular weight is 667 g/mol. The second kappa shape index (κ2) is 11.6. The molecule has 4 nitrogen and oxygen atoms in total. The van der Waals surface area contributed by atoms with Gasteiger partial charge in [0.1, 0.15) is 0 Å². The summed E-state index contributed by atoms with van der Waals surface area (Å²) >= 11 is 1.34. The lowest BCUT2D eigenvalue weighted by molar-refractivity contribution is 0.954. The quantitative estimate of drug-likeness (QED) is 0.184. The number of hydrogen-bond donors (Lipinski definition) is 0. The van der Waals surface area contributed by atoms with Gasteiger partial charge in [-0.3, -0.25) is 4.57 Å². The lowest BCUT2D eigenvalue weighted by Gasteiger charge is -2.11. The lowest BCUT2D eigenvalue weighted by atomic mass is 9.96. The Morgan fingerprint density at radius 3 is 1.78 bits per heavy atom. The molecular weight excluding hydrogens is 629 g/mol. The lowest BCUT2D eigenvalue weighted by Crippen LogP contribution is -2.06. The minimum atomic E-state index is -0.541. The number of benzene rings is 7. The van der Waals surface area contributed by atoms with Crippen LogP contribution in [0.3, 0.4) is 0 Å². The van der Waals surface area contributed by atoms with Crippen LogP contribution in [0.2, 0.25) is 0 Å². The Balaban J connectivity index is 1.25. The molecule has 3 heterocycles. The number of rotatable bonds is 5. The molecule has 0 saturated heterocycles. The fraction of sp³-hybridized carbons (Fsp3) is 0. The zero-order chi connectivity index (χ0) is 41.7. The van der Waals surface area contributed by atoms with Crippen LogP contribution in [0.4, 0.5) is 0 Å². The monoisotopic (exact) mass is 666 g/mol. The van der Waals surface area contributed by atoms with Gasteiger partial charge in [-0.05, 0) is 47.0 Å². The van der Waals surface area contributed by atoms with E-state index < -0.39 is 60.4 Å². The van der Waals surface area contributed by atoms with Crippen LogP contribution < -0.4 is 0 Å². The van der Waals surface area contributed by atoms with Crippen LogP contribution in [0, 0.1) is 0 Å². The van der Waals surface area contributed by atoms with Crippen LogP contribution in [-0.2, 0) is 0 Å². The fourth-order valence-corrected chi connectivity index (χ4v) is 7.82. The van der Waals surface area contributed by atoms with Gasteiger partial charge in [-0.2, -0.15) is 9.97 Å². The van der Waals surface area contributed by atoms with E-state index in [0.29, 0.717) is 33.2 Å². The molecule has 10 rings (SSSR count). The first-order valence-electron chi connectivity index (χ1n) is 20.9. The average Bonchev–Trinajstić information content (AvgIpc) is 3.82. The van der Waals surface area contributed by atoms with E-state index in [1.165, 1.54) is 11.3 Å². The maximum absolute atomic E-state index is 8.90.